The summed E-state index contributed by atoms with van der Waals surface area (Å²) in [6, 6.07) is 48.1. The first-order valence-electron chi connectivity index (χ1n) is 40.6. The molecule has 14 aromatic rings. The van der Waals surface area contributed by atoms with Crippen molar-refractivity contribution in [2.75, 3.05) is 34.0 Å². The molecule has 2 aliphatic rings. The summed E-state index contributed by atoms with van der Waals surface area (Å²) in [4.78, 5) is 69.2. The number of rotatable bonds is 25. The summed E-state index contributed by atoms with van der Waals surface area (Å²) in [7, 11) is 3.27. The fourth-order valence-electron chi connectivity index (χ4n) is 12.8. The molecule has 2 fully saturated rings. The van der Waals surface area contributed by atoms with Gasteiger partial charge in [0.15, 0.2) is 40.7 Å². The number of thiol groups is 2. The molecule has 20 nitrogen and oxygen atoms in total. The quantitative estimate of drug-likeness (QED) is 0.0104. The number of methoxy groups -OCH3 is 2. The van der Waals surface area contributed by atoms with Gasteiger partial charge in [-0.1, -0.05) is 143 Å². The van der Waals surface area contributed by atoms with Gasteiger partial charge in [0.1, 0.15) is 17.3 Å². The molecule has 0 amide bonds. The molecule has 4 heterocycles. The van der Waals surface area contributed by atoms with Gasteiger partial charge in [-0.15, -0.1) is 24.4 Å². The summed E-state index contributed by atoms with van der Waals surface area (Å²) in [6.45, 7) is 11.0. The van der Waals surface area contributed by atoms with Gasteiger partial charge >= 0.3 is 59.4 Å². The van der Waals surface area contributed by atoms with Gasteiger partial charge in [-0.25, -0.2) is 59.1 Å². The Kier molecular flexibility index (Phi) is 48.3. The Morgan fingerprint density at radius 3 is 1.16 bits per heavy atom. The van der Waals surface area contributed by atoms with Crippen molar-refractivity contribution in [3.8, 4) is 22.9 Å². The smallest absolute Gasteiger partial charge is 0.545 e. The summed E-state index contributed by atoms with van der Waals surface area (Å²) < 4.78 is 146. The number of carbonyl (C=O) groups is 6. The molecule has 0 spiro atoms. The molecule has 16 rings (SSSR count). The van der Waals surface area contributed by atoms with E-state index < -0.39 is 93.5 Å². The Morgan fingerprint density at radius 2 is 0.797 bits per heavy atom. The van der Waals surface area contributed by atoms with E-state index in [1.165, 1.54) is 114 Å². The van der Waals surface area contributed by atoms with Crippen LogP contribution in [0.15, 0.2) is 245 Å². The number of aromatic carboxylic acids is 3. The third-order valence-corrected chi connectivity index (χ3v) is 25.6. The van der Waals surface area contributed by atoms with Crippen molar-refractivity contribution >= 4 is 173 Å². The van der Waals surface area contributed by atoms with Crippen molar-refractivity contribution in [3.05, 3.63) is 328 Å². The number of benzene rings is 10. The monoisotopic (exact) mass is 2170 g/mol. The number of hydrogen-bond donors (Lipinski definition) is 4. The van der Waals surface area contributed by atoms with Gasteiger partial charge in [-0.3, -0.25) is 9.36 Å². The number of aromatic nitrogens is 6. The molecule has 38 heteroatoms. The average molecular weight is 2170 g/mol. The molecule has 2 aliphatic carbocycles. The SMILES string of the molecule is C.C.C.C.CCOC(=O)c1cccc(Br)c1F.CCOC(=O)c1cccc(S)c1F.CCOC(=O)c1cccc(SCc2ccc(OC)cc2)c1F.CCn1cc(-n2c(C3CC3)c(Sc3cccc(C(=O)O)c3F)c3ccc(Cl)c(F)c32)cn1.CCn1cc(-n2c(C3CC3)c(Sc3cccc(C(=O)[O-])c3F)c3ccc(Cl)c(F)c32)cn1.COc1ccc(CS)cc1.O=C(O)c1cccc(Br)c1F.[Na+]. The predicted molar refractivity (Wildman–Crippen MR) is 534 cm³/mol. The second-order valence-electron chi connectivity index (χ2n) is 28.4. The van der Waals surface area contributed by atoms with E-state index in [1.54, 1.807) is 93.1 Å². The summed E-state index contributed by atoms with van der Waals surface area (Å²) in [6.07, 6.45) is 10.7. The van der Waals surface area contributed by atoms with Crippen molar-refractivity contribution in [2.24, 2.45) is 0 Å². The van der Waals surface area contributed by atoms with E-state index in [4.69, 9.17) is 42.5 Å². The first kappa shape index (κ1) is 118. The van der Waals surface area contributed by atoms with Crippen molar-refractivity contribution in [2.45, 2.75) is 156 Å². The largest absolute Gasteiger partial charge is 1.00 e. The Morgan fingerprint density at radius 1 is 0.457 bits per heavy atom. The maximum absolute atomic E-state index is 15.4. The van der Waals surface area contributed by atoms with Crippen LogP contribution >= 0.6 is 116 Å². The molecule has 2 N–H and O–H groups in total. The zero-order valence-electron chi connectivity index (χ0n) is 72.7. The van der Waals surface area contributed by atoms with E-state index in [2.05, 4.69) is 76.8 Å². The number of hydrogen-bond acceptors (Lipinski definition) is 19. The van der Waals surface area contributed by atoms with E-state index in [1.807, 2.05) is 83.9 Å². The molecule has 0 saturated heterocycles. The molecule has 0 radical (unpaired) electrons. The van der Waals surface area contributed by atoms with Crippen molar-refractivity contribution in [3.63, 3.8) is 0 Å². The molecule has 2 saturated carbocycles. The van der Waals surface area contributed by atoms with Crippen LogP contribution in [0.25, 0.3) is 33.2 Å². The van der Waals surface area contributed by atoms with Crippen molar-refractivity contribution in [1.82, 2.24) is 28.7 Å². The molecule has 0 bridgehead atoms. The number of carbonyl (C=O) groups excluding carboxylic acids is 4. The van der Waals surface area contributed by atoms with Crippen molar-refractivity contribution < 1.29 is 132 Å². The Hall–Kier alpha value is -10.2. The predicted octanol–water partition coefficient (Wildman–Crippen LogP) is 25.0. The maximum atomic E-state index is 15.4. The van der Waals surface area contributed by atoms with E-state index in [-0.39, 0.29) is 147 Å². The first-order chi connectivity index (χ1) is 63.8. The second-order valence-corrected chi connectivity index (χ2v) is 34.8. The second kappa shape index (κ2) is 56.3. The van der Waals surface area contributed by atoms with Gasteiger partial charge in [0.2, 0.25) is 0 Å². The van der Waals surface area contributed by atoms with Crippen LogP contribution < -0.4 is 44.1 Å². The molecular formula is C100H99Br2Cl2F8N6NaO14S5. The zero-order chi connectivity index (χ0) is 96.6. The number of thioether (sulfide) groups is 1. The minimum atomic E-state index is -1.58. The van der Waals surface area contributed by atoms with Crippen LogP contribution in [0.2, 0.25) is 10.0 Å². The Balaban J connectivity index is 0.000000296. The third kappa shape index (κ3) is 30.0. The Labute approximate surface area is 867 Å². The van der Waals surface area contributed by atoms with Gasteiger partial charge in [-0.2, -0.15) is 22.8 Å². The van der Waals surface area contributed by atoms with Gasteiger partial charge < -0.3 is 52.9 Å². The molecule has 728 valence electrons. The van der Waals surface area contributed by atoms with Crippen LogP contribution in [0.4, 0.5) is 35.1 Å². The number of halogens is 12. The number of esters is 3. The van der Waals surface area contributed by atoms with E-state index in [0.29, 0.717) is 66.7 Å². The van der Waals surface area contributed by atoms with E-state index in [0.717, 1.165) is 83.4 Å². The first-order valence-corrected chi connectivity index (χ1v) is 46.7. The van der Waals surface area contributed by atoms with Gasteiger partial charge in [0.05, 0.1) is 122 Å². The van der Waals surface area contributed by atoms with Crippen LogP contribution in [0.3, 0.4) is 0 Å². The van der Waals surface area contributed by atoms with Gasteiger partial charge in [0, 0.05) is 106 Å². The van der Waals surface area contributed by atoms with Crippen molar-refractivity contribution in [1.29, 1.82) is 0 Å². The number of fused-ring (bicyclic) bond motifs is 2. The molecule has 4 aromatic heterocycles. The third-order valence-electron chi connectivity index (χ3n) is 19.6. The number of ether oxygens (including phenoxy) is 5. The fourth-order valence-corrected chi connectivity index (χ4v) is 17.6. The normalized spacial score (nSPS) is 11.3. The molecule has 0 atom stereocenters. The average Bonchev–Trinajstić information content (AvgIpc) is 1.57. The number of aryl methyl sites for hydroxylation is 2. The van der Waals surface area contributed by atoms with Gasteiger partial charge in [-0.05, 0) is 219 Å². The summed E-state index contributed by atoms with van der Waals surface area (Å²) in [5, 5.41) is 38.9. The number of carboxylic acids is 3. The molecule has 0 aliphatic heterocycles. The number of nitrogens with zero attached hydrogens (tertiary/aromatic N) is 6. The van der Waals surface area contributed by atoms with E-state index >= 15 is 8.78 Å². The van der Waals surface area contributed by atoms with Crippen LogP contribution in [0.1, 0.15) is 187 Å². The standard InChI is InChI=1S/2C23H18ClF2N3O2S.C17H17FO3S.C9H8BrFO2.C9H9FO2S.C8H10OS.C7H4BrFO2.4CH4.Na/c2*1-2-28-11-13(10-27-28)29-20(12-6-7-12)22(15-8-9-16(24)19(26)21(15)29)32-17-5-3-4-14(18(17)25)23(30)31;1-3-21-17(19)14-5-4-6-15(16(14)18)22-11-12-7-9-13(20-2)10-8-12;1-2-13-9(12)6-4-3-5-7(10)8(6)11;1-2-12-9(11)6-4-3-5-7(13)8(6)10;1-9-8-4-2-7(6-10)3-5-8;8-5-3-1-2-4(6(5)9)7(10)11;;;;;/h2*3-5,8-12H,2,6-7H2,1H3,(H,30,31);4-10H,3,11H2,1-2H3;3-5H,2H2,1H3;3-5,13H,2H2,1H3;2-5,10H,6H2,1H3;1-3H,(H,10,11);4*1H4;/q;;;;;;;;;;;+1/p-1. The Bertz CT molecular complexity index is 6260. The summed E-state index contributed by atoms with van der Waals surface area (Å²) >= 11 is 29.6. The van der Waals surface area contributed by atoms with Crippen LogP contribution in [-0.4, -0.2) is 109 Å². The molecular weight excluding hydrogens is 2080 g/mol. The maximum Gasteiger partial charge on any atom is 1.00 e. The molecule has 10 aromatic carbocycles. The van der Waals surface area contributed by atoms with Gasteiger partial charge in [0.25, 0.3) is 0 Å². The minimum absolute atomic E-state index is 0. The minimum Gasteiger partial charge on any atom is -0.545 e. The fraction of sp³-hybridized carbons (Fsp3) is 0.240. The van der Waals surface area contributed by atoms with Crippen LogP contribution in [0.5, 0.6) is 11.5 Å². The zero-order valence-corrected chi connectivity index (χ0v) is 83.6. The van der Waals surface area contributed by atoms with Crippen LogP contribution in [0, 0.1) is 46.5 Å². The summed E-state index contributed by atoms with van der Waals surface area (Å²) in [5.74, 6) is -7.97. The topological polar surface area (TPSA) is 258 Å². The number of carboxylic acid groups (broad SMARTS) is 3. The molecule has 138 heavy (non-hydrogen) atoms. The molecule has 0 unspecified atom stereocenters. The summed E-state index contributed by atoms with van der Waals surface area (Å²) in [5.41, 5.74) is 4.60. The van der Waals surface area contributed by atoms with Crippen LogP contribution in [-0.2, 0) is 38.8 Å². The van der Waals surface area contributed by atoms with E-state index in [9.17, 15) is 65.3 Å².